The van der Waals surface area contributed by atoms with Crippen molar-refractivity contribution in [2.45, 2.75) is 6.92 Å². The number of benzene rings is 1. The van der Waals surface area contributed by atoms with Crippen molar-refractivity contribution in [2.24, 2.45) is 0 Å². The van der Waals surface area contributed by atoms with Crippen LogP contribution in [0.25, 0.3) is 11.0 Å². The van der Waals surface area contributed by atoms with Crippen LogP contribution < -0.4 is 10.6 Å². The summed E-state index contributed by atoms with van der Waals surface area (Å²) in [5.74, 6) is 0.504. The second-order valence-corrected chi connectivity index (χ2v) is 4.77. The highest BCUT2D eigenvalue weighted by atomic mass is 16.2. The van der Waals surface area contributed by atoms with E-state index in [1.807, 2.05) is 25.1 Å². The number of piperazine rings is 1. The molecule has 1 aliphatic heterocycles. The van der Waals surface area contributed by atoms with Crippen LogP contribution in [0.15, 0.2) is 18.2 Å². The van der Waals surface area contributed by atoms with Crippen molar-refractivity contribution >= 4 is 23.0 Å². The molecule has 6 nitrogen and oxygen atoms in total. The van der Waals surface area contributed by atoms with Gasteiger partial charge in [0.1, 0.15) is 0 Å². The molecule has 1 aromatic carbocycles. The largest absolute Gasteiger partial charge is 0.324 e. The summed E-state index contributed by atoms with van der Waals surface area (Å²) in [4.78, 5) is 21.3. The average Bonchev–Trinajstić information content (AvgIpc) is 2.81. The Kier molecular flexibility index (Phi) is 3.08. The minimum atomic E-state index is -0.0997. The number of nitrogens with zero attached hydrogens (tertiary/aromatic N) is 2. The molecule has 0 aliphatic carbocycles. The molecule has 2 aromatic rings. The van der Waals surface area contributed by atoms with Gasteiger partial charge in [-0.05, 0) is 24.6 Å². The first-order valence-electron chi connectivity index (χ1n) is 6.45. The van der Waals surface area contributed by atoms with E-state index in [1.165, 1.54) is 0 Å². The van der Waals surface area contributed by atoms with Gasteiger partial charge in [0.25, 0.3) is 0 Å². The summed E-state index contributed by atoms with van der Waals surface area (Å²) in [6, 6.07) is 5.87. The third-order valence-corrected chi connectivity index (χ3v) is 3.27. The van der Waals surface area contributed by atoms with E-state index in [0.717, 1.165) is 42.8 Å². The number of imidazole rings is 1. The van der Waals surface area contributed by atoms with Crippen molar-refractivity contribution in [3.63, 3.8) is 0 Å². The van der Waals surface area contributed by atoms with Crippen molar-refractivity contribution in [2.75, 3.05) is 31.5 Å². The highest BCUT2D eigenvalue weighted by molar-refractivity contribution is 5.90. The van der Waals surface area contributed by atoms with Gasteiger partial charge in [0, 0.05) is 27.6 Å². The van der Waals surface area contributed by atoms with Crippen LogP contribution in [0.4, 0.5) is 10.7 Å². The van der Waals surface area contributed by atoms with Crippen molar-refractivity contribution in [3.05, 3.63) is 23.8 Å². The summed E-state index contributed by atoms with van der Waals surface area (Å²) in [6.45, 7) is 5.16. The molecule has 0 atom stereocenters. The van der Waals surface area contributed by atoms with Crippen LogP contribution in [0, 0.1) is 6.92 Å². The summed E-state index contributed by atoms with van der Waals surface area (Å²) in [5, 5.41) is 6.03. The van der Waals surface area contributed by atoms with E-state index in [-0.39, 0.29) is 7.46 Å². The molecule has 0 radical (unpaired) electrons. The molecule has 2 amide bonds. The van der Waals surface area contributed by atoms with Gasteiger partial charge >= 0.3 is 6.03 Å². The van der Waals surface area contributed by atoms with Gasteiger partial charge in [-0.1, -0.05) is 6.07 Å². The minimum Gasteiger partial charge on any atom is -0.324 e. The van der Waals surface area contributed by atoms with Gasteiger partial charge in [0.05, 0.1) is 11.0 Å². The molecule has 3 N–H and O–H groups in total. The Labute approximate surface area is 112 Å². The Morgan fingerprint density at radius 2 is 2.21 bits per heavy atom. The number of hydrogen-bond donors (Lipinski definition) is 3. The van der Waals surface area contributed by atoms with Gasteiger partial charge in [0.2, 0.25) is 5.95 Å². The maximum atomic E-state index is 12.0. The first-order valence-corrected chi connectivity index (χ1v) is 6.45. The number of hydrogen-bond acceptors (Lipinski definition) is 3. The molecule has 1 aromatic heterocycles. The molecular formula is C13H19N5O. The quantitative estimate of drug-likeness (QED) is 0.729. The molecule has 2 heterocycles. The lowest BCUT2D eigenvalue weighted by Gasteiger charge is -2.26. The lowest BCUT2D eigenvalue weighted by Crippen LogP contribution is -2.48. The molecule has 3 rings (SSSR count). The Balaban J connectivity index is 0.00000147. The number of aromatic nitrogens is 2. The van der Waals surface area contributed by atoms with Gasteiger partial charge in [0.15, 0.2) is 0 Å². The zero-order valence-electron chi connectivity index (χ0n) is 10.9. The van der Waals surface area contributed by atoms with E-state index in [0.29, 0.717) is 5.95 Å². The lowest BCUT2D eigenvalue weighted by atomic mass is 10.2. The van der Waals surface area contributed by atoms with Gasteiger partial charge in [-0.25, -0.2) is 9.78 Å². The highest BCUT2D eigenvalue weighted by Crippen LogP contribution is 2.16. The van der Waals surface area contributed by atoms with E-state index in [4.69, 9.17) is 0 Å². The average molecular weight is 261 g/mol. The van der Waals surface area contributed by atoms with Crippen LogP contribution in [0.1, 0.15) is 6.99 Å². The summed E-state index contributed by atoms with van der Waals surface area (Å²) in [5.41, 5.74) is 2.97. The SMILES string of the molecule is Cc1ccc2nc(NC(=O)N3CCNCC3)[nH]c2c1.[HH]. The summed E-state index contributed by atoms with van der Waals surface area (Å²) in [7, 11) is 0. The second kappa shape index (κ2) is 4.89. The zero-order chi connectivity index (χ0) is 13.2. The zero-order valence-corrected chi connectivity index (χ0v) is 10.9. The van der Waals surface area contributed by atoms with Gasteiger partial charge in [-0.15, -0.1) is 0 Å². The van der Waals surface area contributed by atoms with Crippen LogP contribution in [0.5, 0.6) is 0 Å². The first kappa shape index (κ1) is 12.0. The van der Waals surface area contributed by atoms with E-state index in [9.17, 15) is 4.79 Å². The van der Waals surface area contributed by atoms with Crippen molar-refractivity contribution in [3.8, 4) is 0 Å². The number of aromatic amines is 1. The number of carbonyl (C=O) groups is 1. The maximum absolute atomic E-state index is 12.0. The Bertz CT molecular complexity index is 606. The third kappa shape index (κ3) is 2.53. The number of rotatable bonds is 1. The maximum Gasteiger partial charge on any atom is 0.324 e. The first-order chi connectivity index (χ1) is 9.22. The number of aryl methyl sites for hydroxylation is 1. The van der Waals surface area contributed by atoms with Gasteiger partial charge in [-0.3, -0.25) is 5.32 Å². The highest BCUT2D eigenvalue weighted by Gasteiger charge is 2.17. The molecule has 0 spiro atoms. The Hall–Kier alpha value is -2.08. The normalized spacial score (nSPS) is 15.7. The fourth-order valence-corrected chi connectivity index (χ4v) is 2.23. The Morgan fingerprint density at radius 1 is 1.42 bits per heavy atom. The fourth-order valence-electron chi connectivity index (χ4n) is 2.23. The van der Waals surface area contributed by atoms with Crippen LogP contribution >= 0.6 is 0 Å². The molecular weight excluding hydrogens is 242 g/mol. The molecule has 1 saturated heterocycles. The smallest absolute Gasteiger partial charge is 0.324 e. The fraction of sp³-hybridized carbons (Fsp3) is 0.385. The predicted molar refractivity (Wildman–Crippen MR) is 76.4 cm³/mol. The molecule has 6 heteroatoms. The van der Waals surface area contributed by atoms with E-state index < -0.39 is 0 Å². The van der Waals surface area contributed by atoms with Gasteiger partial charge < -0.3 is 15.2 Å². The second-order valence-electron chi connectivity index (χ2n) is 4.77. The standard InChI is InChI=1S/C13H17N5O.H2/c1-9-2-3-10-11(8-9)16-12(15-10)17-13(19)18-6-4-14-5-7-18;/h2-3,8,14H,4-7H2,1H3,(H2,15,16,17,19);1H. The van der Waals surface area contributed by atoms with Crippen LogP contribution in [-0.2, 0) is 0 Å². The Morgan fingerprint density at radius 3 is 3.00 bits per heavy atom. The van der Waals surface area contributed by atoms with Crippen LogP contribution in [0.3, 0.4) is 0 Å². The number of anilines is 1. The predicted octanol–water partition coefficient (Wildman–Crippen LogP) is 1.55. The van der Waals surface area contributed by atoms with Crippen LogP contribution in [-0.4, -0.2) is 47.1 Å². The minimum absolute atomic E-state index is 0. The monoisotopic (exact) mass is 261 g/mol. The molecule has 1 fully saturated rings. The van der Waals surface area contributed by atoms with Crippen molar-refractivity contribution in [1.29, 1.82) is 0 Å². The molecule has 102 valence electrons. The summed E-state index contributed by atoms with van der Waals surface area (Å²) < 4.78 is 0. The van der Waals surface area contributed by atoms with Crippen LogP contribution in [0.2, 0.25) is 0 Å². The van der Waals surface area contributed by atoms with Crippen molar-refractivity contribution < 1.29 is 6.22 Å². The van der Waals surface area contributed by atoms with Crippen molar-refractivity contribution in [1.82, 2.24) is 20.2 Å². The number of nitrogens with one attached hydrogen (secondary N) is 3. The number of amides is 2. The summed E-state index contributed by atoms with van der Waals surface area (Å²) in [6.07, 6.45) is 0. The molecule has 0 unspecified atom stereocenters. The number of urea groups is 1. The van der Waals surface area contributed by atoms with Gasteiger partial charge in [-0.2, -0.15) is 0 Å². The number of H-pyrrole nitrogens is 1. The summed E-state index contributed by atoms with van der Waals surface area (Å²) >= 11 is 0. The lowest BCUT2D eigenvalue weighted by molar-refractivity contribution is 0.203. The van der Waals surface area contributed by atoms with E-state index in [2.05, 4.69) is 20.6 Å². The number of fused-ring (bicyclic) bond motifs is 1. The van der Waals surface area contributed by atoms with E-state index >= 15 is 0 Å². The number of carbonyl (C=O) groups excluding carboxylic acids is 1. The third-order valence-electron chi connectivity index (χ3n) is 3.27. The molecule has 1 aliphatic rings. The molecule has 19 heavy (non-hydrogen) atoms. The topological polar surface area (TPSA) is 73.1 Å². The molecule has 0 bridgehead atoms. The van der Waals surface area contributed by atoms with E-state index in [1.54, 1.807) is 4.90 Å². The molecule has 0 saturated carbocycles.